The van der Waals surface area contributed by atoms with Gasteiger partial charge in [-0.1, -0.05) is 50.1 Å². The van der Waals surface area contributed by atoms with Crippen molar-refractivity contribution >= 4 is 16.6 Å². The molecule has 10 nitrogen and oxygen atoms in total. The van der Waals surface area contributed by atoms with Gasteiger partial charge < -0.3 is 4.74 Å². The monoisotopic (exact) mass is 483 g/mol. The number of rotatable bonds is 8. The van der Waals surface area contributed by atoms with E-state index in [0.29, 0.717) is 11.7 Å². The zero-order valence-electron chi connectivity index (χ0n) is 20.5. The first-order valence-corrected chi connectivity index (χ1v) is 12.5. The lowest BCUT2D eigenvalue weighted by atomic mass is 10.0. The highest BCUT2D eigenvalue weighted by Gasteiger charge is 2.33. The lowest BCUT2D eigenvalue weighted by molar-refractivity contribution is 0.212. The van der Waals surface area contributed by atoms with E-state index in [1.807, 2.05) is 28.9 Å². The number of pyridine rings is 1. The highest BCUT2D eigenvalue weighted by atomic mass is 16.5. The van der Waals surface area contributed by atoms with Crippen LogP contribution in [-0.2, 0) is 6.54 Å². The van der Waals surface area contributed by atoms with Gasteiger partial charge in [0.1, 0.15) is 11.8 Å². The standard InChI is InChI=1S/C26H29N9O/c1-3-33(17-18-9-5-4-6-10-18)24(26-28-30-31-34(26)20-11-7-8-12-20)22-15-19-13-14-21(36-2)16-23(19)35-25(22)27-29-32-35/h4-6,9-10,13-16,20,24H,3,7-8,11-12,17H2,1-2H3/t24-/m0/s1. The second-order valence-corrected chi connectivity index (χ2v) is 9.31. The minimum absolute atomic E-state index is 0.231. The Hall–Kier alpha value is -3.92. The number of nitrogens with zero attached hydrogens (tertiary/aromatic N) is 9. The van der Waals surface area contributed by atoms with Crippen LogP contribution < -0.4 is 4.74 Å². The molecule has 0 aliphatic heterocycles. The molecule has 3 heterocycles. The number of methoxy groups -OCH3 is 1. The van der Waals surface area contributed by atoms with Crippen LogP contribution in [0.15, 0.2) is 54.6 Å². The van der Waals surface area contributed by atoms with E-state index in [-0.39, 0.29) is 6.04 Å². The van der Waals surface area contributed by atoms with E-state index in [4.69, 9.17) is 4.74 Å². The molecule has 1 atom stereocenters. The van der Waals surface area contributed by atoms with Crippen molar-refractivity contribution in [2.75, 3.05) is 13.7 Å². The maximum atomic E-state index is 5.46. The van der Waals surface area contributed by atoms with Crippen molar-refractivity contribution in [3.8, 4) is 5.75 Å². The fourth-order valence-electron chi connectivity index (χ4n) is 5.41. The molecule has 6 rings (SSSR count). The van der Waals surface area contributed by atoms with E-state index in [1.54, 1.807) is 11.6 Å². The largest absolute Gasteiger partial charge is 0.497 e. The van der Waals surface area contributed by atoms with Crippen LogP contribution in [0.4, 0.5) is 0 Å². The Morgan fingerprint density at radius 2 is 1.81 bits per heavy atom. The minimum atomic E-state index is -0.231. The zero-order valence-corrected chi connectivity index (χ0v) is 20.5. The van der Waals surface area contributed by atoms with Gasteiger partial charge in [-0.15, -0.1) is 10.2 Å². The van der Waals surface area contributed by atoms with Crippen LogP contribution in [0, 0.1) is 0 Å². The molecule has 0 N–H and O–H groups in total. The average molecular weight is 484 g/mol. The van der Waals surface area contributed by atoms with Gasteiger partial charge in [0, 0.05) is 23.6 Å². The highest BCUT2D eigenvalue weighted by Crippen LogP contribution is 2.37. The smallest absolute Gasteiger partial charge is 0.185 e. The number of aromatic nitrogens is 8. The van der Waals surface area contributed by atoms with Crippen LogP contribution >= 0.6 is 0 Å². The number of hydrogen-bond acceptors (Lipinski definition) is 8. The third kappa shape index (κ3) is 3.97. The molecule has 0 amide bonds. The van der Waals surface area contributed by atoms with Gasteiger partial charge in [-0.25, -0.2) is 4.68 Å². The summed E-state index contributed by atoms with van der Waals surface area (Å²) in [5.74, 6) is 1.59. The van der Waals surface area contributed by atoms with Gasteiger partial charge in [0.05, 0.1) is 18.7 Å². The summed E-state index contributed by atoms with van der Waals surface area (Å²) in [6.07, 6.45) is 4.59. The van der Waals surface area contributed by atoms with Crippen molar-refractivity contribution in [3.63, 3.8) is 0 Å². The average Bonchev–Trinajstić information content (AvgIpc) is 3.70. The van der Waals surface area contributed by atoms with Crippen molar-refractivity contribution in [2.45, 2.75) is 51.2 Å². The Labute approximate surface area is 208 Å². The van der Waals surface area contributed by atoms with Crippen LogP contribution in [0.5, 0.6) is 5.75 Å². The second kappa shape index (κ2) is 9.62. The fraction of sp³-hybridized carbons (Fsp3) is 0.385. The summed E-state index contributed by atoms with van der Waals surface area (Å²) in [6, 6.07) is 18.7. The molecular weight excluding hydrogens is 454 g/mol. The highest BCUT2D eigenvalue weighted by molar-refractivity contribution is 5.84. The van der Waals surface area contributed by atoms with E-state index in [9.17, 15) is 0 Å². The van der Waals surface area contributed by atoms with Gasteiger partial charge in [-0.2, -0.15) is 4.52 Å². The number of ether oxygens (including phenoxy) is 1. The van der Waals surface area contributed by atoms with E-state index < -0.39 is 0 Å². The predicted molar refractivity (Wildman–Crippen MR) is 135 cm³/mol. The molecule has 1 aliphatic carbocycles. The van der Waals surface area contributed by atoms with Gasteiger partial charge in [0.15, 0.2) is 11.5 Å². The molecule has 5 aromatic rings. The molecule has 36 heavy (non-hydrogen) atoms. The minimum Gasteiger partial charge on any atom is -0.497 e. The first kappa shape index (κ1) is 22.5. The van der Waals surface area contributed by atoms with E-state index >= 15 is 0 Å². The van der Waals surface area contributed by atoms with Crippen LogP contribution in [0.3, 0.4) is 0 Å². The zero-order chi connectivity index (χ0) is 24.5. The van der Waals surface area contributed by atoms with Crippen LogP contribution in [0.2, 0.25) is 0 Å². The van der Waals surface area contributed by atoms with Crippen molar-refractivity contribution < 1.29 is 4.74 Å². The van der Waals surface area contributed by atoms with Crippen molar-refractivity contribution in [1.82, 2.24) is 45.1 Å². The van der Waals surface area contributed by atoms with E-state index in [1.165, 1.54) is 18.4 Å². The summed E-state index contributed by atoms with van der Waals surface area (Å²) in [7, 11) is 1.66. The van der Waals surface area contributed by atoms with Crippen LogP contribution in [0.25, 0.3) is 16.6 Å². The Bertz CT molecular complexity index is 1470. The molecule has 0 radical (unpaired) electrons. The molecule has 10 heteroatoms. The van der Waals surface area contributed by atoms with Gasteiger partial charge in [0.25, 0.3) is 0 Å². The van der Waals surface area contributed by atoms with Crippen molar-refractivity contribution in [3.05, 3.63) is 71.5 Å². The molecule has 1 aliphatic rings. The topological polar surface area (TPSA) is 99.2 Å². The Morgan fingerprint density at radius 1 is 1.00 bits per heavy atom. The molecule has 0 unspecified atom stereocenters. The van der Waals surface area contributed by atoms with Crippen molar-refractivity contribution in [1.29, 1.82) is 0 Å². The predicted octanol–water partition coefficient (Wildman–Crippen LogP) is 4.00. The lowest BCUT2D eigenvalue weighted by Crippen LogP contribution is -2.32. The molecule has 1 saturated carbocycles. The molecule has 0 spiro atoms. The SMILES string of the molecule is CCN(Cc1ccccc1)[C@@H](c1cc2ccc(OC)cc2n2nnnc12)c1nnnn1C1CCCC1. The number of tetrazole rings is 2. The molecule has 3 aromatic heterocycles. The van der Waals surface area contributed by atoms with Gasteiger partial charge >= 0.3 is 0 Å². The summed E-state index contributed by atoms with van der Waals surface area (Å²) in [4.78, 5) is 2.39. The van der Waals surface area contributed by atoms with Gasteiger partial charge in [-0.05, 0) is 64.0 Å². The summed E-state index contributed by atoms with van der Waals surface area (Å²) in [5, 5.41) is 27.1. The maximum absolute atomic E-state index is 5.46. The first-order valence-electron chi connectivity index (χ1n) is 12.5. The van der Waals surface area contributed by atoms with E-state index in [2.05, 4.69) is 73.2 Å². The molecule has 2 aromatic carbocycles. The first-order chi connectivity index (χ1) is 17.8. The van der Waals surface area contributed by atoms with Gasteiger partial charge in [0.2, 0.25) is 0 Å². The molecule has 0 saturated heterocycles. The number of benzene rings is 2. The third-order valence-corrected chi connectivity index (χ3v) is 7.23. The van der Waals surface area contributed by atoms with Gasteiger partial charge in [-0.3, -0.25) is 4.90 Å². The summed E-state index contributed by atoms with van der Waals surface area (Å²) >= 11 is 0. The van der Waals surface area contributed by atoms with Crippen LogP contribution in [-0.4, -0.2) is 58.8 Å². The lowest BCUT2D eigenvalue weighted by Gasteiger charge is -2.31. The molecular formula is C26H29N9O. The quantitative estimate of drug-likeness (QED) is 0.327. The third-order valence-electron chi connectivity index (χ3n) is 7.23. The summed E-state index contributed by atoms with van der Waals surface area (Å²) in [5.41, 5.74) is 3.78. The fourth-order valence-corrected chi connectivity index (χ4v) is 5.41. The Morgan fingerprint density at radius 3 is 2.58 bits per heavy atom. The normalized spacial score (nSPS) is 15.3. The molecule has 0 bridgehead atoms. The maximum Gasteiger partial charge on any atom is 0.185 e. The Balaban J connectivity index is 1.56. The Kier molecular flexibility index (Phi) is 6.02. The summed E-state index contributed by atoms with van der Waals surface area (Å²) < 4.78 is 9.30. The van der Waals surface area contributed by atoms with E-state index in [0.717, 1.165) is 54.0 Å². The number of fused-ring (bicyclic) bond motifs is 3. The van der Waals surface area contributed by atoms with Crippen LogP contribution in [0.1, 0.15) is 61.6 Å². The number of hydrogen-bond donors (Lipinski definition) is 0. The molecule has 1 fully saturated rings. The second-order valence-electron chi connectivity index (χ2n) is 9.31. The summed E-state index contributed by atoms with van der Waals surface area (Å²) in [6.45, 7) is 3.71. The van der Waals surface area contributed by atoms with Crippen molar-refractivity contribution in [2.24, 2.45) is 0 Å². The molecule has 184 valence electrons.